The molecule has 2 amide bonds. The number of amides is 2. The summed E-state index contributed by atoms with van der Waals surface area (Å²) in [6.07, 6.45) is 2.63. The standard InChI is InChI=1S/C13H25N3O2/c1-10(2)15-12(17)6-7-14-11(3)13(18)16-8-4-5-9-16/h10-11,14H,4-9H2,1-3H3,(H,15,17). The number of rotatable bonds is 6. The van der Waals surface area contributed by atoms with Crippen molar-refractivity contribution in [3.63, 3.8) is 0 Å². The number of likely N-dealkylation sites (tertiary alicyclic amines) is 1. The highest BCUT2D eigenvalue weighted by molar-refractivity contribution is 5.82. The van der Waals surface area contributed by atoms with Crippen LogP contribution in [0.2, 0.25) is 0 Å². The molecule has 1 heterocycles. The fraction of sp³-hybridized carbons (Fsp3) is 0.846. The van der Waals surface area contributed by atoms with Crippen LogP contribution in [-0.2, 0) is 9.59 Å². The predicted molar refractivity (Wildman–Crippen MR) is 71.2 cm³/mol. The molecule has 0 spiro atoms. The second kappa shape index (κ2) is 7.36. The molecule has 1 unspecified atom stereocenters. The summed E-state index contributed by atoms with van der Waals surface area (Å²) in [4.78, 5) is 25.3. The number of carbonyl (C=O) groups is 2. The lowest BCUT2D eigenvalue weighted by atomic mass is 10.2. The fourth-order valence-electron chi connectivity index (χ4n) is 2.10. The van der Waals surface area contributed by atoms with E-state index in [0.717, 1.165) is 25.9 Å². The molecule has 104 valence electrons. The SMILES string of the molecule is CC(C)NC(=O)CCNC(C)C(=O)N1CCCC1. The fourth-order valence-corrected chi connectivity index (χ4v) is 2.10. The van der Waals surface area contributed by atoms with Crippen LogP contribution < -0.4 is 10.6 Å². The zero-order valence-corrected chi connectivity index (χ0v) is 11.7. The molecule has 1 saturated heterocycles. The molecule has 1 atom stereocenters. The monoisotopic (exact) mass is 255 g/mol. The molecule has 5 heteroatoms. The van der Waals surface area contributed by atoms with Gasteiger partial charge in [-0.25, -0.2) is 0 Å². The van der Waals surface area contributed by atoms with Gasteiger partial charge in [-0.15, -0.1) is 0 Å². The number of carbonyl (C=O) groups excluding carboxylic acids is 2. The van der Waals surface area contributed by atoms with Gasteiger partial charge in [0.2, 0.25) is 11.8 Å². The molecule has 1 aliphatic rings. The van der Waals surface area contributed by atoms with Crippen LogP contribution >= 0.6 is 0 Å². The van der Waals surface area contributed by atoms with Crippen LogP contribution in [0.4, 0.5) is 0 Å². The summed E-state index contributed by atoms with van der Waals surface area (Å²) in [5.41, 5.74) is 0. The summed E-state index contributed by atoms with van der Waals surface area (Å²) in [7, 11) is 0. The van der Waals surface area contributed by atoms with Crippen LogP contribution in [0.15, 0.2) is 0 Å². The average molecular weight is 255 g/mol. The molecule has 1 rings (SSSR count). The maximum atomic E-state index is 12.0. The van der Waals surface area contributed by atoms with Gasteiger partial charge in [-0.1, -0.05) is 0 Å². The van der Waals surface area contributed by atoms with Crippen molar-refractivity contribution in [2.75, 3.05) is 19.6 Å². The van der Waals surface area contributed by atoms with Crippen LogP contribution in [0, 0.1) is 0 Å². The van der Waals surface area contributed by atoms with E-state index in [1.807, 2.05) is 25.7 Å². The molecule has 18 heavy (non-hydrogen) atoms. The van der Waals surface area contributed by atoms with E-state index in [-0.39, 0.29) is 23.9 Å². The van der Waals surface area contributed by atoms with Crippen molar-refractivity contribution in [2.45, 2.75) is 52.1 Å². The van der Waals surface area contributed by atoms with Gasteiger partial charge in [0.15, 0.2) is 0 Å². The molecule has 0 aromatic heterocycles. The van der Waals surface area contributed by atoms with Crippen LogP contribution in [0.3, 0.4) is 0 Å². The van der Waals surface area contributed by atoms with Gasteiger partial charge >= 0.3 is 0 Å². The molecule has 1 aliphatic heterocycles. The van der Waals surface area contributed by atoms with Gasteiger partial charge in [0.05, 0.1) is 6.04 Å². The van der Waals surface area contributed by atoms with Crippen molar-refractivity contribution in [3.05, 3.63) is 0 Å². The van der Waals surface area contributed by atoms with Crippen LogP contribution in [-0.4, -0.2) is 48.4 Å². The van der Waals surface area contributed by atoms with Gasteiger partial charge in [0, 0.05) is 32.1 Å². The molecule has 0 bridgehead atoms. The molecule has 0 aromatic rings. The summed E-state index contributed by atoms with van der Waals surface area (Å²) in [6, 6.07) is -0.0314. The van der Waals surface area contributed by atoms with Crippen molar-refractivity contribution >= 4 is 11.8 Å². The van der Waals surface area contributed by atoms with E-state index >= 15 is 0 Å². The number of nitrogens with one attached hydrogen (secondary N) is 2. The number of hydrogen-bond acceptors (Lipinski definition) is 3. The Morgan fingerprint density at radius 1 is 1.17 bits per heavy atom. The zero-order chi connectivity index (χ0) is 13.5. The molecular weight excluding hydrogens is 230 g/mol. The Labute approximate surface area is 109 Å². The van der Waals surface area contributed by atoms with E-state index in [0.29, 0.717) is 13.0 Å². The highest BCUT2D eigenvalue weighted by Gasteiger charge is 2.22. The Morgan fingerprint density at radius 2 is 1.78 bits per heavy atom. The molecule has 0 radical (unpaired) electrons. The summed E-state index contributed by atoms with van der Waals surface area (Å²) < 4.78 is 0. The van der Waals surface area contributed by atoms with E-state index in [4.69, 9.17) is 0 Å². The van der Waals surface area contributed by atoms with Gasteiger partial charge in [-0.3, -0.25) is 9.59 Å². The number of nitrogens with zero attached hydrogens (tertiary/aromatic N) is 1. The second-order valence-electron chi connectivity index (χ2n) is 5.18. The average Bonchev–Trinajstić information content (AvgIpc) is 2.80. The minimum atomic E-state index is -0.199. The molecule has 0 saturated carbocycles. The quantitative estimate of drug-likeness (QED) is 0.726. The lowest BCUT2D eigenvalue weighted by molar-refractivity contribution is -0.132. The highest BCUT2D eigenvalue weighted by atomic mass is 16.2. The van der Waals surface area contributed by atoms with Crippen molar-refractivity contribution in [1.29, 1.82) is 0 Å². The maximum Gasteiger partial charge on any atom is 0.239 e. The molecule has 2 N–H and O–H groups in total. The van der Waals surface area contributed by atoms with Gasteiger partial charge in [0.25, 0.3) is 0 Å². The normalized spacial score (nSPS) is 17.0. The summed E-state index contributed by atoms with van der Waals surface area (Å²) in [6.45, 7) is 8.02. The van der Waals surface area contributed by atoms with Gasteiger partial charge in [0.1, 0.15) is 0 Å². The van der Waals surface area contributed by atoms with Gasteiger partial charge in [-0.2, -0.15) is 0 Å². The van der Waals surface area contributed by atoms with Crippen LogP contribution in [0.5, 0.6) is 0 Å². The first kappa shape index (κ1) is 15.0. The van der Waals surface area contributed by atoms with Crippen molar-refractivity contribution in [3.8, 4) is 0 Å². The summed E-state index contributed by atoms with van der Waals surface area (Å²) in [5, 5.41) is 5.94. The molecule has 0 aromatic carbocycles. The van der Waals surface area contributed by atoms with E-state index in [1.54, 1.807) is 0 Å². The van der Waals surface area contributed by atoms with Crippen molar-refractivity contribution in [2.24, 2.45) is 0 Å². The van der Waals surface area contributed by atoms with E-state index in [2.05, 4.69) is 10.6 Å². The largest absolute Gasteiger partial charge is 0.354 e. The van der Waals surface area contributed by atoms with E-state index in [9.17, 15) is 9.59 Å². The minimum Gasteiger partial charge on any atom is -0.354 e. The lowest BCUT2D eigenvalue weighted by Crippen LogP contribution is -2.44. The van der Waals surface area contributed by atoms with Gasteiger partial charge in [-0.05, 0) is 33.6 Å². The first-order valence-electron chi connectivity index (χ1n) is 6.82. The van der Waals surface area contributed by atoms with Crippen molar-refractivity contribution < 1.29 is 9.59 Å². The Balaban J connectivity index is 2.18. The third-order valence-corrected chi connectivity index (χ3v) is 3.04. The zero-order valence-electron chi connectivity index (χ0n) is 11.7. The Morgan fingerprint density at radius 3 is 2.33 bits per heavy atom. The van der Waals surface area contributed by atoms with E-state index < -0.39 is 0 Å². The Kier molecular flexibility index (Phi) is 6.12. The Bertz CT molecular complexity index is 286. The highest BCUT2D eigenvalue weighted by Crippen LogP contribution is 2.08. The van der Waals surface area contributed by atoms with E-state index in [1.165, 1.54) is 0 Å². The molecule has 5 nitrogen and oxygen atoms in total. The third kappa shape index (κ3) is 5.04. The smallest absolute Gasteiger partial charge is 0.239 e. The number of hydrogen-bond donors (Lipinski definition) is 2. The first-order chi connectivity index (χ1) is 8.50. The predicted octanol–water partition coefficient (Wildman–Crippen LogP) is 0.502. The molecule has 0 aliphatic carbocycles. The summed E-state index contributed by atoms with van der Waals surface area (Å²) >= 11 is 0. The topological polar surface area (TPSA) is 61.4 Å². The Hall–Kier alpha value is -1.10. The van der Waals surface area contributed by atoms with Crippen molar-refractivity contribution in [1.82, 2.24) is 15.5 Å². The molecule has 1 fully saturated rings. The van der Waals surface area contributed by atoms with Crippen LogP contribution in [0.25, 0.3) is 0 Å². The first-order valence-corrected chi connectivity index (χ1v) is 6.82. The van der Waals surface area contributed by atoms with Gasteiger partial charge < -0.3 is 15.5 Å². The second-order valence-corrected chi connectivity index (χ2v) is 5.18. The molecular formula is C13H25N3O2. The minimum absolute atomic E-state index is 0.0262. The lowest BCUT2D eigenvalue weighted by Gasteiger charge is -2.21. The summed E-state index contributed by atoms with van der Waals surface area (Å²) in [5.74, 6) is 0.176. The van der Waals surface area contributed by atoms with Crippen LogP contribution in [0.1, 0.15) is 40.0 Å². The maximum absolute atomic E-state index is 12.0. The third-order valence-electron chi connectivity index (χ3n) is 3.04.